The molecule has 0 unspecified atom stereocenters. The fourth-order valence-corrected chi connectivity index (χ4v) is 1.18. The number of nitrogen functional groups attached to an aromatic ring is 2. The molecule has 0 amide bonds. The maximum atomic E-state index is 5.60. The van der Waals surface area contributed by atoms with Crippen molar-refractivity contribution >= 4 is 46.9 Å². The summed E-state index contributed by atoms with van der Waals surface area (Å²) >= 11 is 5.60. The Labute approximate surface area is 96.5 Å². The van der Waals surface area contributed by atoms with E-state index in [1.807, 2.05) is 0 Å². The summed E-state index contributed by atoms with van der Waals surface area (Å²) in [5.41, 5.74) is 12.4. The lowest BCUT2D eigenvalue weighted by atomic mass is 10.4. The standard InChI is InChI=1S/C7H7ClN6.ClH/c8-1-3-2-11-6-4(12-3)5(9)13-7(10)14-6;/h2H,1H2,(H4,9,10,11,13,14);1H. The van der Waals surface area contributed by atoms with Gasteiger partial charge in [0.1, 0.15) is 0 Å². The highest BCUT2D eigenvalue weighted by Crippen LogP contribution is 2.14. The van der Waals surface area contributed by atoms with Crippen LogP contribution in [0, 0.1) is 0 Å². The van der Waals surface area contributed by atoms with Gasteiger partial charge in [-0.2, -0.15) is 9.97 Å². The molecule has 0 radical (unpaired) electrons. The summed E-state index contributed by atoms with van der Waals surface area (Å²) in [6.07, 6.45) is 1.53. The van der Waals surface area contributed by atoms with Gasteiger partial charge >= 0.3 is 0 Å². The molecule has 0 saturated carbocycles. The summed E-state index contributed by atoms with van der Waals surface area (Å²) in [5.74, 6) is 0.571. The van der Waals surface area contributed by atoms with E-state index in [0.717, 1.165) is 0 Å². The van der Waals surface area contributed by atoms with E-state index in [9.17, 15) is 0 Å². The number of alkyl halides is 1. The summed E-state index contributed by atoms with van der Waals surface area (Å²) < 4.78 is 0. The van der Waals surface area contributed by atoms with E-state index in [1.165, 1.54) is 6.20 Å². The summed E-state index contributed by atoms with van der Waals surface area (Å²) in [5, 5.41) is 0. The first-order valence-corrected chi connectivity index (χ1v) is 4.34. The Balaban J connectivity index is 0.00000112. The van der Waals surface area contributed by atoms with Gasteiger partial charge in [0.05, 0.1) is 17.8 Å². The third-order valence-corrected chi connectivity index (χ3v) is 1.91. The maximum Gasteiger partial charge on any atom is 0.224 e. The molecule has 15 heavy (non-hydrogen) atoms. The first kappa shape index (κ1) is 11.7. The molecular formula is C7H8Cl2N6. The highest BCUT2D eigenvalue weighted by atomic mass is 35.5. The fourth-order valence-electron chi connectivity index (χ4n) is 1.05. The van der Waals surface area contributed by atoms with Crippen molar-refractivity contribution in [2.24, 2.45) is 0 Å². The molecule has 0 bridgehead atoms. The number of halogens is 2. The van der Waals surface area contributed by atoms with Gasteiger partial charge in [0.2, 0.25) is 5.95 Å². The van der Waals surface area contributed by atoms with Crippen LogP contribution in [-0.4, -0.2) is 19.9 Å². The first-order valence-electron chi connectivity index (χ1n) is 3.81. The zero-order valence-corrected chi connectivity index (χ0v) is 9.09. The number of fused-ring (bicyclic) bond motifs is 1. The van der Waals surface area contributed by atoms with Gasteiger partial charge in [0.15, 0.2) is 17.0 Å². The Kier molecular flexibility index (Phi) is 3.43. The van der Waals surface area contributed by atoms with Crippen LogP contribution in [0.25, 0.3) is 11.2 Å². The molecule has 0 saturated heterocycles. The predicted molar refractivity (Wildman–Crippen MR) is 60.8 cm³/mol. The topological polar surface area (TPSA) is 104 Å². The average Bonchev–Trinajstić information content (AvgIpc) is 2.17. The highest BCUT2D eigenvalue weighted by Gasteiger charge is 2.06. The molecule has 2 aromatic rings. The van der Waals surface area contributed by atoms with Gasteiger partial charge in [0, 0.05) is 0 Å². The molecule has 0 aliphatic rings. The van der Waals surface area contributed by atoms with Crippen LogP contribution in [0.2, 0.25) is 0 Å². The van der Waals surface area contributed by atoms with Crippen LogP contribution in [0.15, 0.2) is 6.20 Å². The van der Waals surface area contributed by atoms with Gasteiger partial charge in [-0.1, -0.05) is 0 Å². The van der Waals surface area contributed by atoms with Crippen molar-refractivity contribution in [1.29, 1.82) is 0 Å². The molecule has 8 heteroatoms. The van der Waals surface area contributed by atoms with Gasteiger partial charge < -0.3 is 11.5 Å². The van der Waals surface area contributed by atoms with Crippen LogP contribution < -0.4 is 11.5 Å². The monoisotopic (exact) mass is 246 g/mol. The summed E-state index contributed by atoms with van der Waals surface area (Å²) in [6, 6.07) is 0. The Morgan fingerprint density at radius 1 is 1.20 bits per heavy atom. The zero-order chi connectivity index (χ0) is 10.1. The quantitative estimate of drug-likeness (QED) is 0.720. The van der Waals surface area contributed by atoms with Crippen LogP contribution in [0.3, 0.4) is 0 Å². The van der Waals surface area contributed by atoms with E-state index in [1.54, 1.807) is 0 Å². The second-order valence-corrected chi connectivity index (χ2v) is 2.90. The van der Waals surface area contributed by atoms with Crippen LogP contribution >= 0.6 is 24.0 Å². The molecule has 2 aromatic heterocycles. The minimum atomic E-state index is 0. The first-order chi connectivity index (χ1) is 6.70. The predicted octanol–water partition coefficient (Wildman–Crippen LogP) is 0.745. The van der Waals surface area contributed by atoms with E-state index in [2.05, 4.69) is 19.9 Å². The highest BCUT2D eigenvalue weighted by molar-refractivity contribution is 6.16. The maximum absolute atomic E-state index is 5.60. The van der Waals surface area contributed by atoms with Crippen LogP contribution in [0.1, 0.15) is 5.69 Å². The summed E-state index contributed by atoms with van der Waals surface area (Å²) in [6.45, 7) is 0. The molecule has 4 N–H and O–H groups in total. The Hall–Kier alpha value is -1.40. The number of nitrogens with zero attached hydrogens (tertiary/aromatic N) is 4. The van der Waals surface area contributed by atoms with Crippen molar-refractivity contribution in [2.45, 2.75) is 5.88 Å². The van der Waals surface area contributed by atoms with Crippen molar-refractivity contribution in [1.82, 2.24) is 19.9 Å². The molecule has 0 spiro atoms. The lowest BCUT2D eigenvalue weighted by Gasteiger charge is -2.01. The molecule has 80 valence electrons. The van der Waals surface area contributed by atoms with E-state index >= 15 is 0 Å². The average molecular weight is 247 g/mol. The lowest BCUT2D eigenvalue weighted by molar-refractivity contribution is 1.11. The SMILES string of the molecule is Cl.Nc1nc(N)c2nc(CCl)cnc2n1. The van der Waals surface area contributed by atoms with E-state index in [4.69, 9.17) is 23.1 Å². The molecule has 2 rings (SSSR count). The largest absolute Gasteiger partial charge is 0.382 e. The second kappa shape index (κ2) is 4.41. The molecule has 6 nitrogen and oxygen atoms in total. The number of hydrogen-bond acceptors (Lipinski definition) is 6. The van der Waals surface area contributed by atoms with Crippen molar-refractivity contribution in [2.75, 3.05) is 11.5 Å². The zero-order valence-electron chi connectivity index (χ0n) is 7.51. The number of anilines is 2. The Morgan fingerprint density at radius 3 is 2.60 bits per heavy atom. The second-order valence-electron chi connectivity index (χ2n) is 2.63. The van der Waals surface area contributed by atoms with Crippen molar-refractivity contribution < 1.29 is 0 Å². The normalized spacial score (nSPS) is 9.93. The van der Waals surface area contributed by atoms with Crippen LogP contribution in [-0.2, 0) is 5.88 Å². The summed E-state index contributed by atoms with van der Waals surface area (Å²) in [7, 11) is 0. The Bertz CT molecular complexity index is 488. The molecular weight excluding hydrogens is 239 g/mol. The molecule has 0 aliphatic heterocycles. The molecule has 0 fully saturated rings. The number of nitrogens with two attached hydrogens (primary N) is 2. The van der Waals surface area contributed by atoms with E-state index in [0.29, 0.717) is 16.9 Å². The van der Waals surface area contributed by atoms with Crippen LogP contribution in [0.4, 0.5) is 11.8 Å². The minimum Gasteiger partial charge on any atom is -0.382 e. The van der Waals surface area contributed by atoms with Crippen molar-refractivity contribution in [3.05, 3.63) is 11.9 Å². The number of rotatable bonds is 1. The summed E-state index contributed by atoms with van der Waals surface area (Å²) in [4.78, 5) is 15.8. The van der Waals surface area contributed by atoms with E-state index in [-0.39, 0.29) is 30.1 Å². The van der Waals surface area contributed by atoms with Crippen molar-refractivity contribution in [3.8, 4) is 0 Å². The van der Waals surface area contributed by atoms with Crippen LogP contribution in [0.5, 0.6) is 0 Å². The number of hydrogen-bond donors (Lipinski definition) is 2. The minimum absolute atomic E-state index is 0. The van der Waals surface area contributed by atoms with Gasteiger partial charge in [-0.05, 0) is 0 Å². The fraction of sp³-hybridized carbons (Fsp3) is 0.143. The third kappa shape index (κ3) is 2.16. The molecule has 0 aliphatic carbocycles. The molecule has 0 aromatic carbocycles. The van der Waals surface area contributed by atoms with Gasteiger partial charge in [-0.25, -0.2) is 9.97 Å². The smallest absolute Gasteiger partial charge is 0.224 e. The Morgan fingerprint density at radius 2 is 1.93 bits per heavy atom. The van der Waals surface area contributed by atoms with Gasteiger partial charge in [0.25, 0.3) is 0 Å². The van der Waals surface area contributed by atoms with Crippen molar-refractivity contribution in [3.63, 3.8) is 0 Å². The molecule has 2 heterocycles. The molecule has 0 atom stereocenters. The van der Waals surface area contributed by atoms with Gasteiger partial charge in [-0.3, -0.25) is 0 Å². The van der Waals surface area contributed by atoms with Gasteiger partial charge in [-0.15, -0.1) is 24.0 Å². The van der Waals surface area contributed by atoms with E-state index < -0.39 is 0 Å². The third-order valence-electron chi connectivity index (χ3n) is 1.64. The number of aromatic nitrogens is 4. The lowest BCUT2D eigenvalue weighted by Crippen LogP contribution is -2.03.